The largest absolute Gasteiger partial charge is 0.493 e. The molecule has 1 heterocycles. The van der Waals surface area contributed by atoms with Gasteiger partial charge in [0.15, 0.2) is 11.5 Å². The molecule has 0 atom stereocenters. The van der Waals surface area contributed by atoms with Gasteiger partial charge in [0, 0.05) is 6.54 Å². The third kappa shape index (κ3) is 4.31. The number of urea groups is 1. The van der Waals surface area contributed by atoms with Crippen LogP contribution in [0.4, 0.5) is 4.79 Å². The van der Waals surface area contributed by atoms with Crippen LogP contribution < -0.4 is 14.8 Å². The first kappa shape index (κ1) is 21.5. The number of methoxy groups -OCH3 is 1. The van der Waals surface area contributed by atoms with Crippen LogP contribution >= 0.6 is 11.6 Å². The Balaban J connectivity index is 1.56. The summed E-state index contributed by atoms with van der Waals surface area (Å²) in [5.41, 5.74) is 1.74. The van der Waals surface area contributed by atoms with Crippen molar-refractivity contribution in [2.24, 2.45) is 0 Å². The maximum absolute atomic E-state index is 12.4. The number of fused-ring (bicyclic) bond motifs is 1. The summed E-state index contributed by atoms with van der Waals surface area (Å²) >= 11 is 6.47. The number of ether oxygens (including phenoxy) is 2. The number of carbonyl (C=O) groups is 2. The molecule has 4 rings (SSSR count). The van der Waals surface area contributed by atoms with E-state index in [-0.39, 0.29) is 12.2 Å². The van der Waals surface area contributed by atoms with Crippen molar-refractivity contribution in [3.63, 3.8) is 0 Å². The van der Waals surface area contributed by atoms with Gasteiger partial charge >= 0.3 is 6.03 Å². The van der Waals surface area contributed by atoms with Gasteiger partial charge in [-0.3, -0.25) is 9.69 Å². The molecule has 1 fully saturated rings. The zero-order valence-corrected chi connectivity index (χ0v) is 18.2. The summed E-state index contributed by atoms with van der Waals surface area (Å²) in [5.74, 6) is 0.394. The van der Waals surface area contributed by atoms with E-state index >= 15 is 0 Å². The van der Waals surface area contributed by atoms with Crippen molar-refractivity contribution >= 4 is 40.4 Å². The molecule has 0 saturated carbocycles. The number of hydrogen-bond donors (Lipinski definition) is 1. The molecule has 7 heteroatoms. The van der Waals surface area contributed by atoms with Gasteiger partial charge in [0.2, 0.25) is 0 Å². The highest BCUT2D eigenvalue weighted by molar-refractivity contribution is 6.32. The van der Waals surface area contributed by atoms with E-state index in [1.54, 1.807) is 18.2 Å². The highest BCUT2D eigenvalue weighted by Gasteiger charge is 2.32. The van der Waals surface area contributed by atoms with Gasteiger partial charge in [-0.05, 0) is 46.2 Å². The molecule has 0 aliphatic carbocycles. The zero-order valence-electron chi connectivity index (χ0n) is 17.4. The van der Waals surface area contributed by atoms with E-state index in [9.17, 15) is 9.59 Å². The Morgan fingerprint density at radius 2 is 1.88 bits per heavy atom. The van der Waals surface area contributed by atoms with Crippen molar-refractivity contribution in [1.82, 2.24) is 10.2 Å². The van der Waals surface area contributed by atoms with Crippen molar-refractivity contribution in [2.45, 2.75) is 6.61 Å². The molecule has 0 spiro atoms. The minimum Gasteiger partial charge on any atom is -0.493 e. The maximum Gasteiger partial charge on any atom is 0.329 e. The van der Waals surface area contributed by atoms with Crippen molar-refractivity contribution < 1.29 is 19.1 Å². The molecule has 0 unspecified atom stereocenters. The minimum absolute atomic E-state index is 0.133. The average molecular weight is 449 g/mol. The Kier molecular flexibility index (Phi) is 6.14. The Hall–Kier alpha value is -3.77. The smallest absolute Gasteiger partial charge is 0.329 e. The third-order valence-electron chi connectivity index (χ3n) is 5.03. The summed E-state index contributed by atoms with van der Waals surface area (Å²) in [4.78, 5) is 25.4. The molecule has 3 aromatic rings. The number of halogens is 1. The van der Waals surface area contributed by atoms with Crippen LogP contribution in [-0.4, -0.2) is 30.5 Å². The molecule has 32 heavy (non-hydrogen) atoms. The van der Waals surface area contributed by atoms with Crippen LogP contribution in [0.15, 0.2) is 72.9 Å². The lowest BCUT2D eigenvalue weighted by molar-refractivity contribution is -0.122. The molecule has 0 bridgehead atoms. The first-order chi connectivity index (χ1) is 15.5. The average Bonchev–Trinajstić information content (AvgIpc) is 3.05. The summed E-state index contributed by atoms with van der Waals surface area (Å²) in [6.07, 6.45) is 3.03. The third-order valence-corrected chi connectivity index (χ3v) is 5.31. The van der Waals surface area contributed by atoms with E-state index in [0.29, 0.717) is 28.7 Å². The summed E-state index contributed by atoms with van der Waals surface area (Å²) in [7, 11) is 1.51. The Morgan fingerprint density at radius 3 is 2.62 bits per heavy atom. The van der Waals surface area contributed by atoms with Gasteiger partial charge in [0.1, 0.15) is 12.3 Å². The number of nitrogens with zero attached hydrogens (tertiary/aromatic N) is 1. The number of imide groups is 1. The second-order valence-corrected chi connectivity index (χ2v) is 7.60. The van der Waals surface area contributed by atoms with Crippen LogP contribution in [0, 0.1) is 0 Å². The minimum atomic E-state index is -0.491. The number of nitrogens with one attached hydrogen (secondary N) is 1. The Bertz CT molecular complexity index is 1250. The molecular weight excluding hydrogens is 428 g/mol. The highest BCUT2D eigenvalue weighted by Crippen LogP contribution is 2.37. The maximum atomic E-state index is 12.4. The van der Waals surface area contributed by atoms with Crippen LogP contribution in [0.2, 0.25) is 5.02 Å². The van der Waals surface area contributed by atoms with Gasteiger partial charge in [-0.1, -0.05) is 54.1 Å². The Morgan fingerprint density at radius 1 is 1.09 bits per heavy atom. The zero-order chi connectivity index (χ0) is 22.7. The summed E-state index contributed by atoms with van der Waals surface area (Å²) in [6, 6.07) is 17.1. The molecule has 162 valence electrons. The van der Waals surface area contributed by atoms with Crippen molar-refractivity contribution in [3.8, 4) is 11.5 Å². The van der Waals surface area contributed by atoms with Gasteiger partial charge in [-0.25, -0.2) is 4.79 Å². The molecule has 1 N–H and O–H groups in total. The first-order valence-electron chi connectivity index (χ1n) is 9.93. The fourth-order valence-electron chi connectivity index (χ4n) is 3.48. The van der Waals surface area contributed by atoms with Crippen molar-refractivity contribution in [3.05, 3.63) is 89.1 Å². The molecule has 6 nitrogen and oxygen atoms in total. The normalized spacial score (nSPS) is 14.7. The quantitative estimate of drug-likeness (QED) is 0.308. The molecule has 1 saturated heterocycles. The molecule has 0 aromatic heterocycles. The number of rotatable bonds is 7. The van der Waals surface area contributed by atoms with Crippen LogP contribution in [0.1, 0.15) is 11.1 Å². The van der Waals surface area contributed by atoms with Crippen LogP contribution in [-0.2, 0) is 11.4 Å². The van der Waals surface area contributed by atoms with Crippen molar-refractivity contribution in [2.75, 3.05) is 13.7 Å². The summed E-state index contributed by atoms with van der Waals surface area (Å²) < 4.78 is 11.4. The summed E-state index contributed by atoms with van der Waals surface area (Å²) in [6.45, 7) is 4.00. The predicted octanol–water partition coefficient (Wildman–Crippen LogP) is 5.16. The van der Waals surface area contributed by atoms with Crippen molar-refractivity contribution in [1.29, 1.82) is 0 Å². The van der Waals surface area contributed by atoms with E-state index < -0.39 is 11.9 Å². The molecular formula is C25H21ClN2O4. The number of amides is 3. The topological polar surface area (TPSA) is 67.9 Å². The lowest BCUT2D eigenvalue weighted by Gasteiger charge is -2.14. The second kappa shape index (κ2) is 9.16. The van der Waals surface area contributed by atoms with E-state index in [1.165, 1.54) is 13.2 Å². The van der Waals surface area contributed by atoms with Gasteiger partial charge in [-0.2, -0.15) is 0 Å². The highest BCUT2D eigenvalue weighted by atomic mass is 35.5. The van der Waals surface area contributed by atoms with E-state index in [4.69, 9.17) is 21.1 Å². The number of hydrogen-bond acceptors (Lipinski definition) is 4. The molecule has 3 amide bonds. The van der Waals surface area contributed by atoms with Crippen LogP contribution in [0.3, 0.4) is 0 Å². The van der Waals surface area contributed by atoms with E-state index in [0.717, 1.165) is 21.2 Å². The van der Waals surface area contributed by atoms with E-state index in [2.05, 4.69) is 24.0 Å². The molecule has 0 radical (unpaired) electrons. The molecule has 1 aliphatic rings. The van der Waals surface area contributed by atoms with Gasteiger partial charge in [0.05, 0.1) is 12.1 Å². The fraction of sp³-hybridized carbons (Fsp3) is 0.120. The standard InChI is InChI=1S/C25H21ClN2O4/c1-3-10-28-24(29)21(27-25(28)30)13-17-12-20(26)23(22(14-17)31-2)32-15-16-8-9-18-6-4-5-7-19(18)11-16/h3-9,11-14H,1,10,15H2,2H3,(H,27,30)/b21-13+. The van der Waals surface area contributed by atoms with E-state index in [1.807, 2.05) is 30.3 Å². The lowest BCUT2D eigenvalue weighted by atomic mass is 10.1. The molecule has 1 aliphatic heterocycles. The predicted molar refractivity (Wildman–Crippen MR) is 125 cm³/mol. The van der Waals surface area contributed by atoms with Gasteiger partial charge in [0.25, 0.3) is 5.91 Å². The summed E-state index contributed by atoms with van der Waals surface area (Å²) in [5, 5.41) is 5.17. The second-order valence-electron chi connectivity index (χ2n) is 7.20. The number of carbonyl (C=O) groups excluding carboxylic acids is 2. The number of benzene rings is 3. The fourth-order valence-corrected chi connectivity index (χ4v) is 3.75. The van der Waals surface area contributed by atoms with Gasteiger partial charge < -0.3 is 14.8 Å². The molecule has 3 aromatic carbocycles. The van der Waals surface area contributed by atoms with Crippen LogP contribution in [0.25, 0.3) is 16.8 Å². The first-order valence-corrected chi connectivity index (χ1v) is 10.3. The lowest BCUT2D eigenvalue weighted by Crippen LogP contribution is -2.30. The van der Waals surface area contributed by atoms with Crippen LogP contribution in [0.5, 0.6) is 11.5 Å². The van der Waals surface area contributed by atoms with Gasteiger partial charge in [-0.15, -0.1) is 6.58 Å². The Labute approximate surface area is 190 Å². The monoisotopic (exact) mass is 448 g/mol. The SMILES string of the molecule is C=CCN1C(=O)N/C(=C/c2cc(Cl)c(OCc3ccc4ccccc4c3)c(OC)c2)C1=O.